The second-order valence-electron chi connectivity index (χ2n) is 7.59. The number of Topliss-reactive ketones (excluding diaryl/α,β-unsaturated/α-hetero) is 1. The molecule has 0 saturated carbocycles. The van der Waals surface area contributed by atoms with E-state index >= 15 is 0 Å². The number of hydrogen-bond donors (Lipinski definition) is 3. The number of rotatable bonds is 9. The first kappa shape index (κ1) is 23.3. The Kier molecular flexibility index (Phi) is 7.51. The summed E-state index contributed by atoms with van der Waals surface area (Å²) in [7, 11) is -0.452. The van der Waals surface area contributed by atoms with Crippen molar-refractivity contribution >= 4 is 34.6 Å². The van der Waals surface area contributed by atoms with Crippen LogP contribution >= 0.6 is 0 Å². The zero-order valence-corrected chi connectivity index (χ0v) is 18.7. The van der Waals surface area contributed by atoms with Crippen molar-refractivity contribution in [2.24, 2.45) is 0 Å². The third-order valence-electron chi connectivity index (χ3n) is 5.37. The first-order valence-corrected chi connectivity index (χ1v) is 12.1. The molecule has 1 amide bonds. The SMILES string of the molecule is C[S+](C)C(=C=N)C(=O)CC[C@@H](NC(=O)OCC1c2ccccc2-c2ccccc21)C(=O)O. The second-order valence-corrected chi connectivity index (χ2v) is 9.63. The maximum Gasteiger partial charge on any atom is 0.407 e. The Morgan fingerprint density at radius 1 is 1.09 bits per heavy atom. The average Bonchev–Trinajstić information content (AvgIpc) is 3.09. The van der Waals surface area contributed by atoms with E-state index in [4.69, 9.17) is 10.1 Å². The van der Waals surface area contributed by atoms with Crippen molar-refractivity contribution < 1.29 is 24.2 Å². The average molecular weight is 454 g/mol. The largest absolute Gasteiger partial charge is 0.480 e. The molecule has 1 atom stereocenters. The predicted octanol–water partition coefficient (Wildman–Crippen LogP) is 3.34. The third kappa shape index (κ3) is 5.10. The van der Waals surface area contributed by atoms with Crippen molar-refractivity contribution in [3.05, 3.63) is 64.6 Å². The van der Waals surface area contributed by atoms with Crippen molar-refractivity contribution in [2.75, 3.05) is 19.1 Å². The van der Waals surface area contributed by atoms with Gasteiger partial charge in [-0.3, -0.25) is 10.2 Å². The summed E-state index contributed by atoms with van der Waals surface area (Å²) in [5.41, 5.74) is 4.31. The summed E-state index contributed by atoms with van der Waals surface area (Å²) in [5.74, 6) is 0.409. The highest BCUT2D eigenvalue weighted by molar-refractivity contribution is 8.00. The minimum absolute atomic E-state index is 0.0697. The van der Waals surface area contributed by atoms with Gasteiger partial charge in [-0.15, -0.1) is 0 Å². The van der Waals surface area contributed by atoms with Crippen LogP contribution < -0.4 is 5.32 Å². The van der Waals surface area contributed by atoms with Gasteiger partial charge in [0.25, 0.3) is 4.91 Å². The van der Waals surface area contributed by atoms with Gasteiger partial charge in [0.2, 0.25) is 5.78 Å². The van der Waals surface area contributed by atoms with E-state index in [1.54, 1.807) is 12.5 Å². The van der Waals surface area contributed by atoms with E-state index in [1.165, 1.54) is 0 Å². The van der Waals surface area contributed by atoms with Crippen molar-refractivity contribution in [3.8, 4) is 11.1 Å². The van der Waals surface area contributed by atoms with Crippen LogP contribution in [-0.4, -0.2) is 54.0 Å². The van der Waals surface area contributed by atoms with Crippen LogP contribution in [0.25, 0.3) is 11.1 Å². The molecule has 32 heavy (non-hydrogen) atoms. The number of ketones is 1. The molecule has 0 aromatic heterocycles. The molecule has 7 nitrogen and oxygen atoms in total. The summed E-state index contributed by atoms with van der Waals surface area (Å²) < 4.78 is 5.39. The molecule has 3 N–H and O–H groups in total. The zero-order chi connectivity index (χ0) is 23.3. The highest BCUT2D eigenvalue weighted by Crippen LogP contribution is 2.44. The number of allylic oxidation sites excluding steroid dienone is 1. The number of nitrogens with one attached hydrogen (secondary N) is 2. The van der Waals surface area contributed by atoms with Gasteiger partial charge in [-0.1, -0.05) is 48.5 Å². The van der Waals surface area contributed by atoms with Crippen molar-refractivity contribution in [2.45, 2.75) is 24.8 Å². The lowest BCUT2D eigenvalue weighted by atomic mass is 9.98. The van der Waals surface area contributed by atoms with Crippen LogP contribution in [0.2, 0.25) is 0 Å². The lowest BCUT2D eigenvalue weighted by Gasteiger charge is -2.17. The Hall–Kier alpha value is -3.35. The molecule has 166 valence electrons. The first-order valence-electron chi connectivity index (χ1n) is 10.1. The van der Waals surface area contributed by atoms with E-state index < -0.39 is 29.0 Å². The van der Waals surface area contributed by atoms with Crippen LogP contribution in [0.3, 0.4) is 0 Å². The van der Waals surface area contributed by atoms with E-state index in [9.17, 15) is 19.5 Å². The lowest BCUT2D eigenvalue weighted by molar-refractivity contribution is -0.139. The summed E-state index contributed by atoms with van der Waals surface area (Å²) in [6.45, 7) is 0.0697. The van der Waals surface area contributed by atoms with Crippen LogP contribution in [0.1, 0.15) is 29.9 Å². The molecule has 8 heteroatoms. The van der Waals surface area contributed by atoms with Crippen LogP contribution in [0.5, 0.6) is 0 Å². The molecule has 0 fully saturated rings. The molecule has 3 rings (SSSR count). The Morgan fingerprint density at radius 3 is 2.16 bits per heavy atom. The Balaban J connectivity index is 1.61. The van der Waals surface area contributed by atoms with Gasteiger partial charge in [0.15, 0.2) is 0 Å². The standard InChI is InChI=1S/C24H24N2O5S/c1-32(2)22(13-25)21(27)12-11-20(23(28)29)26-24(30)31-14-19-17-9-5-3-7-15(17)16-8-4-6-10-18(16)19/h3-10,19-20,25H,11-12,14H2,1-2H3,(H-,26,28,29,30)/p+1/t20-/m1/s1. The number of alkyl carbamates (subject to hydrolysis) is 1. The number of fused-ring (bicyclic) bond motifs is 3. The van der Waals surface area contributed by atoms with Gasteiger partial charge in [-0.05, 0) is 28.7 Å². The molecular weight excluding hydrogens is 428 g/mol. The normalized spacial score (nSPS) is 13.0. The van der Waals surface area contributed by atoms with Gasteiger partial charge in [-0.2, -0.15) is 0 Å². The molecule has 1 aliphatic carbocycles. The van der Waals surface area contributed by atoms with E-state index in [2.05, 4.69) is 11.2 Å². The number of amides is 1. The predicted molar refractivity (Wildman–Crippen MR) is 124 cm³/mol. The molecule has 0 heterocycles. The number of carboxylic acids is 1. The topological polar surface area (TPSA) is 117 Å². The van der Waals surface area contributed by atoms with Gasteiger partial charge in [0, 0.05) is 29.1 Å². The highest BCUT2D eigenvalue weighted by Gasteiger charge is 2.30. The summed E-state index contributed by atoms with van der Waals surface area (Å²) in [6, 6.07) is 14.6. The Morgan fingerprint density at radius 2 is 1.66 bits per heavy atom. The number of aliphatic carboxylic acids is 1. The molecule has 0 aliphatic heterocycles. The summed E-state index contributed by atoms with van der Waals surface area (Å²) >= 11 is 0. The van der Waals surface area contributed by atoms with Crippen LogP contribution in [0.4, 0.5) is 4.79 Å². The van der Waals surface area contributed by atoms with Crippen LogP contribution in [0.15, 0.2) is 53.4 Å². The minimum Gasteiger partial charge on any atom is -0.480 e. The molecule has 0 radical (unpaired) electrons. The summed E-state index contributed by atoms with van der Waals surface area (Å²) in [6.07, 6.45) is 2.53. The molecule has 0 saturated heterocycles. The van der Waals surface area contributed by atoms with Crippen LogP contribution in [-0.2, 0) is 25.2 Å². The molecule has 2 aromatic carbocycles. The van der Waals surface area contributed by atoms with E-state index in [0.29, 0.717) is 0 Å². The number of carbonyl (C=O) groups is 3. The number of carbonyl (C=O) groups excluding carboxylic acids is 2. The fraction of sp³-hybridized carbons (Fsp3) is 0.292. The second kappa shape index (κ2) is 10.3. The smallest absolute Gasteiger partial charge is 0.407 e. The Bertz CT molecular complexity index is 1050. The number of carboxylic acid groups (broad SMARTS) is 1. The Labute approximate surface area is 189 Å². The summed E-state index contributed by atoms with van der Waals surface area (Å²) in [4.78, 5) is 36.4. The molecule has 2 aromatic rings. The maximum atomic E-state index is 12.4. The van der Waals surface area contributed by atoms with Gasteiger partial charge in [0.05, 0.1) is 0 Å². The van der Waals surface area contributed by atoms with Crippen molar-refractivity contribution in [1.29, 1.82) is 5.41 Å². The molecule has 0 bridgehead atoms. The monoisotopic (exact) mass is 453 g/mol. The molecular formula is C24H25N2O5S+. The van der Waals surface area contributed by atoms with Gasteiger partial charge in [-0.25, -0.2) is 9.59 Å². The lowest BCUT2D eigenvalue weighted by Crippen LogP contribution is -2.41. The van der Waals surface area contributed by atoms with Crippen LogP contribution in [0, 0.1) is 5.41 Å². The van der Waals surface area contributed by atoms with Crippen molar-refractivity contribution in [1.82, 2.24) is 5.32 Å². The van der Waals surface area contributed by atoms with Gasteiger partial charge < -0.3 is 15.2 Å². The van der Waals surface area contributed by atoms with Gasteiger partial charge >= 0.3 is 12.1 Å². The van der Waals surface area contributed by atoms with Gasteiger partial charge in [0.1, 0.15) is 25.2 Å². The quantitative estimate of drug-likeness (QED) is 0.306. The van der Waals surface area contributed by atoms with E-state index in [0.717, 1.165) is 22.3 Å². The number of hydrogen-bond acceptors (Lipinski definition) is 5. The molecule has 0 spiro atoms. The molecule has 0 unspecified atom stereocenters. The molecule has 1 aliphatic rings. The third-order valence-corrected chi connectivity index (χ3v) is 6.52. The maximum absolute atomic E-state index is 12.4. The fourth-order valence-corrected chi connectivity index (χ4v) is 4.59. The highest BCUT2D eigenvalue weighted by atomic mass is 32.2. The minimum atomic E-state index is -1.27. The summed E-state index contributed by atoms with van der Waals surface area (Å²) in [5, 5.41) is 19.0. The number of benzene rings is 2. The number of ether oxygens (including phenoxy) is 1. The first-order chi connectivity index (χ1) is 15.3. The van der Waals surface area contributed by atoms with E-state index in [-0.39, 0.29) is 36.1 Å². The fourth-order valence-electron chi connectivity index (χ4n) is 3.83. The van der Waals surface area contributed by atoms with Crippen molar-refractivity contribution in [3.63, 3.8) is 0 Å². The van der Waals surface area contributed by atoms with E-state index in [1.807, 2.05) is 48.5 Å². The zero-order valence-electron chi connectivity index (χ0n) is 17.9.